The molecule has 1 aliphatic rings. The molecule has 0 bridgehead atoms. The molecule has 2 atom stereocenters. The number of hydrogen-bond acceptors (Lipinski definition) is 3. The SMILES string of the molecule is COc1cccc(C2CCN(C)CC2C(=O)O)c1. The summed E-state index contributed by atoms with van der Waals surface area (Å²) in [6.07, 6.45) is 0.876. The Morgan fingerprint density at radius 2 is 2.28 bits per heavy atom. The number of piperidine rings is 1. The van der Waals surface area contributed by atoms with Crippen molar-refractivity contribution in [2.75, 3.05) is 27.2 Å². The van der Waals surface area contributed by atoms with Crippen molar-refractivity contribution in [1.29, 1.82) is 0 Å². The van der Waals surface area contributed by atoms with Crippen molar-refractivity contribution >= 4 is 5.97 Å². The highest BCUT2D eigenvalue weighted by Gasteiger charge is 2.34. The second kappa shape index (κ2) is 5.40. The van der Waals surface area contributed by atoms with Gasteiger partial charge in [-0.15, -0.1) is 0 Å². The smallest absolute Gasteiger partial charge is 0.308 e. The van der Waals surface area contributed by atoms with Crippen LogP contribution in [0.25, 0.3) is 0 Å². The Morgan fingerprint density at radius 3 is 2.94 bits per heavy atom. The molecule has 4 heteroatoms. The van der Waals surface area contributed by atoms with Gasteiger partial charge in [-0.2, -0.15) is 0 Å². The first kappa shape index (κ1) is 12.9. The van der Waals surface area contributed by atoms with Crippen molar-refractivity contribution in [3.63, 3.8) is 0 Å². The molecule has 1 heterocycles. The average molecular weight is 249 g/mol. The van der Waals surface area contributed by atoms with Gasteiger partial charge in [0.1, 0.15) is 5.75 Å². The van der Waals surface area contributed by atoms with Crippen LogP contribution in [0.2, 0.25) is 0 Å². The predicted molar refractivity (Wildman–Crippen MR) is 69.0 cm³/mol. The summed E-state index contributed by atoms with van der Waals surface area (Å²) in [7, 11) is 3.60. The van der Waals surface area contributed by atoms with E-state index in [1.54, 1.807) is 7.11 Å². The molecule has 1 saturated heterocycles. The number of carboxylic acids is 1. The van der Waals surface area contributed by atoms with Crippen LogP contribution in [0.15, 0.2) is 24.3 Å². The highest BCUT2D eigenvalue weighted by molar-refractivity contribution is 5.72. The molecule has 0 saturated carbocycles. The third kappa shape index (κ3) is 2.64. The standard InChI is InChI=1S/C14H19NO3/c1-15-7-6-12(13(9-15)14(16)17)10-4-3-5-11(8-10)18-2/h3-5,8,12-13H,6-7,9H2,1-2H3,(H,16,17). The lowest BCUT2D eigenvalue weighted by molar-refractivity contribution is -0.144. The number of carboxylic acid groups (broad SMARTS) is 1. The Bertz CT molecular complexity index is 433. The van der Waals surface area contributed by atoms with E-state index in [4.69, 9.17) is 4.74 Å². The van der Waals surface area contributed by atoms with Crippen molar-refractivity contribution in [1.82, 2.24) is 4.90 Å². The summed E-state index contributed by atoms with van der Waals surface area (Å²) < 4.78 is 5.20. The molecule has 1 fully saturated rings. The first-order valence-electron chi connectivity index (χ1n) is 6.17. The molecule has 0 aliphatic carbocycles. The lowest BCUT2D eigenvalue weighted by Crippen LogP contribution is -2.40. The third-order valence-corrected chi connectivity index (χ3v) is 3.66. The summed E-state index contributed by atoms with van der Waals surface area (Å²) in [6.45, 7) is 1.54. The molecule has 1 aromatic carbocycles. The zero-order chi connectivity index (χ0) is 13.1. The van der Waals surface area contributed by atoms with E-state index in [0.717, 1.165) is 24.3 Å². The minimum absolute atomic E-state index is 0.0776. The third-order valence-electron chi connectivity index (χ3n) is 3.66. The molecule has 4 nitrogen and oxygen atoms in total. The van der Waals surface area contributed by atoms with Crippen LogP contribution in [0, 0.1) is 5.92 Å². The second-order valence-corrected chi connectivity index (χ2v) is 4.88. The fourth-order valence-electron chi connectivity index (χ4n) is 2.64. The maximum Gasteiger partial charge on any atom is 0.308 e. The summed E-state index contributed by atoms with van der Waals surface area (Å²) in [4.78, 5) is 13.5. The number of likely N-dealkylation sites (tertiary alicyclic amines) is 1. The van der Waals surface area contributed by atoms with Crippen LogP contribution in [0.3, 0.4) is 0 Å². The summed E-state index contributed by atoms with van der Waals surface area (Å²) in [5.41, 5.74) is 1.06. The van der Waals surface area contributed by atoms with Crippen LogP contribution in [-0.2, 0) is 4.79 Å². The number of benzene rings is 1. The molecule has 18 heavy (non-hydrogen) atoms. The van der Waals surface area contributed by atoms with Gasteiger partial charge in [0.15, 0.2) is 0 Å². The van der Waals surface area contributed by atoms with Crippen molar-refractivity contribution in [2.24, 2.45) is 5.92 Å². The van der Waals surface area contributed by atoms with Gasteiger partial charge in [-0.25, -0.2) is 0 Å². The van der Waals surface area contributed by atoms with E-state index in [0.29, 0.717) is 6.54 Å². The van der Waals surface area contributed by atoms with Crippen molar-refractivity contribution in [2.45, 2.75) is 12.3 Å². The Balaban J connectivity index is 2.26. The van der Waals surface area contributed by atoms with Crippen LogP contribution in [0.5, 0.6) is 5.75 Å². The van der Waals surface area contributed by atoms with Gasteiger partial charge in [-0.3, -0.25) is 4.79 Å². The van der Waals surface area contributed by atoms with Crippen LogP contribution in [-0.4, -0.2) is 43.2 Å². The predicted octanol–water partition coefficient (Wildman–Crippen LogP) is 1.82. The average Bonchev–Trinajstić information content (AvgIpc) is 2.38. The van der Waals surface area contributed by atoms with Crippen LogP contribution >= 0.6 is 0 Å². The van der Waals surface area contributed by atoms with E-state index in [1.165, 1.54) is 0 Å². The fourth-order valence-corrected chi connectivity index (χ4v) is 2.64. The van der Waals surface area contributed by atoms with Gasteiger partial charge in [0, 0.05) is 6.54 Å². The first-order valence-corrected chi connectivity index (χ1v) is 6.17. The quantitative estimate of drug-likeness (QED) is 0.887. The van der Waals surface area contributed by atoms with E-state index in [9.17, 15) is 9.90 Å². The maximum atomic E-state index is 11.4. The Hall–Kier alpha value is -1.55. The van der Waals surface area contributed by atoms with Crippen LogP contribution < -0.4 is 4.74 Å². The number of carbonyl (C=O) groups is 1. The van der Waals surface area contributed by atoms with E-state index in [1.807, 2.05) is 31.3 Å². The van der Waals surface area contributed by atoms with Gasteiger partial charge < -0.3 is 14.7 Å². The molecule has 0 spiro atoms. The molecule has 1 aliphatic heterocycles. The topological polar surface area (TPSA) is 49.8 Å². The molecule has 98 valence electrons. The van der Waals surface area contributed by atoms with E-state index < -0.39 is 5.97 Å². The Morgan fingerprint density at radius 1 is 1.50 bits per heavy atom. The second-order valence-electron chi connectivity index (χ2n) is 4.88. The van der Waals surface area contributed by atoms with E-state index in [-0.39, 0.29) is 11.8 Å². The Kier molecular flexibility index (Phi) is 3.87. The summed E-state index contributed by atoms with van der Waals surface area (Å²) >= 11 is 0. The highest BCUT2D eigenvalue weighted by atomic mass is 16.5. The van der Waals surface area contributed by atoms with Gasteiger partial charge in [0.2, 0.25) is 0 Å². The zero-order valence-corrected chi connectivity index (χ0v) is 10.8. The van der Waals surface area contributed by atoms with Gasteiger partial charge in [-0.05, 0) is 43.6 Å². The monoisotopic (exact) mass is 249 g/mol. The van der Waals surface area contributed by atoms with Gasteiger partial charge >= 0.3 is 5.97 Å². The number of ether oxygens (including phenoxy) is 1. The number of rotatable bonds is 3. The molecule has 0 radical (unpaired) electrons. The molecule has 0 aromatic heterocycles. The lowest BCUT2D eigenvalue weighted by Gasteiger charge is -2.34. The van der Waals surface area contributed by atoms with E-state index in [2.05, 4.69) is 4.90 Å². The van der Waals surface area contributed by atoms with Gasteiger partial charge in [0.05, 0.1) is 13.0 Å². The first-order chi connectivity index (χ1) is 8.61. The minimum atomic E-state index is -0.714. The van der Waals surface area contributed by atoms with E-state index >= 15 is 0 Å². The van der Waals surface area contributed by atoms with Crippen LogP contribution in [0.1, 0.15) is 17.9 Å². The summed E-state index contributed by atoms with van der Waals surface area (Å²) in [6, 6.07) is 7.75. The molecule has 1 aromatic rings. The summed E-state index contributed by atoms with van der Waals surface area (Å²) in [5.74, 6) is -0.186. The van der Waals surface area contributed by atoms with Gasteiger partial charge in [0.25, 0.3) is 0 Å². The molecular weight excluding hydrogens is 230 g/mol. The molecule has 2 unspecified atom stereocenters. The number of aliphatic carboxylic acids is 1. The molecule has 2 rings (SSSR count). The Labute approximate surface area is 107 Å². The van der Waals surface area contributed by atoms with Crippen molar-refractivity contribution < 1.29 is 14.6 Å². The molecule has 0 amide bonds. The lowest BCUT2D eigenvalue weighted by atomic mass is 9.80. The molecular formula is C14H19NO3. The number of nitrogens with zero attached hydrogens (tertiary/aromatic N) is 1. The van der Waals surface area contributed by atoms with Crippen molar-refractivity contribution in [3.8, 4) is 5.75 Å². The van der Waals surface area contributed by atoms with Crippen molar-refractivity contribution in [3.05, 3.63) is 29.8 Å². The number of methoxy groups -OCH3 is 1. The van der Waals surface area contributed by atoms with Crippen LogP contribution in [0.4, 0.5) is 0 Å². The highest BCUT2D eigenvalue weighted by Crippen LogP contribution is 2.34. The van der Waals surface area contributed by atoms with Gasteiger partial charge in [-0.1, -0.05) is 12.1 Å². The number of hydrogen-bond donors (Lipinski definition) is 1. The fraction of sp³-hybridized carbons (Fsp3) is 0.500. The largest absolute Gasteiger partial charge is 0.497 e. The molecule has 1 N–H and O–H groups in total. The minimum Gasteiger partial charge on any atom is -0.497 e. The zero-order valence-electron chi connectivity index (χ0n) is 10.8. The maximum absolute atomic E-state index is 11.4. The normalized spacial score (nSPS) is 24.8. The summed E-state index contributed by atoms with van der Waals surface area (Å²) in [5, 5.41) is 9.36.